The number of nitrogens with zero attached hydrogens (tertiary/aromatic N) is 2. The van der Waals surface area contributed by atoms with E-state index in [1.807, 2.05) is 38.3 Å². The number of benzene rings is 2. The molecule has 224 valence electrons. The lowest BCUT2D eigenvalue weighted by atomic mass is 9.88. The lowest BCUT2D eigenvalue weighted by Gasteiger charge is -2.40. The second kappa shape index (κ2) is 11.4. The van der Waals surface area contributed by atoms with Crippen molar-refractivity contribution < 1.29 is 14.3 Å². The summed E-state index contributed by atoms with van der Waals surface area (Å²) in [5, 5.41) is 14.2. The van der Waals surface area contributed by atoms with Crippen LogP contribution in [0.25, 0.3) is 21.9 Å². The number of aromatic nitrogens is 1. The number of carbonyl (C=O) groups excluding carboxylic acids is 1. The Balaban J connectivity index is 1.66. The minimum Gasteiger partial charge on any atom is -0.396 e. The molecule has 8 heteroatoms. The second-order valence-electron chi connectivity index (χ2n) is 13.3. The highest BCUT2D eigenvalue weighted by molar-refractivity contribution is 5.97. The van der Waals surface area contributed by atoms with Gasteiger partial charge in [-0.05, 0) is 91.4 Å². The van der Waals surface area contributed by atoms with E-state index in [1.165, 1.54) is 6.07 Å². The maximum atomic E-state index is 15.1. The molecule has 1 aliphatic carbocycles. The van der Waals surface area contributed by atoms with Gasteiger partial charge in [-0.2, -0.15) is 0 Å². The smallest absolute Gasteiger partial charge is 0.258 e. The van der Waals surface area contributed by atoms with E-state index in [-0.39, 0.29) is 41.3 Å². The van der Waals surface area contributed by atoms with Gasteiger partial charge in [0, 0.05) is 60.4 Å². The molecule has 5 rings (SSSR count). The highest BCUT2D eigenvalue weighted by atomic mass is 19.1. The van der Waals surface area contributed by atoms with Gasteiger partial charge in [-0.15, -0.1) is 6.58 Å². The van der Waals surface area contributed by atoms with Crippen LogP contribution in [-0.4, -0.2) is 51.8 Å². The summed E-state index contributed by atoms with van der Waals surface area (Å²) in [5.41, 5.74) is 8.53. The van der Waals surface area contributed by atoms with E-state index in [0.717, 1.165) is 55.3 Å². The Labute approximate surface area is 247 Å². The SMILES string of the molecule is C=CC(c1cn(CC(C)(C)CO)c(=O)c2ccc(-c3cc(C(=O)NC4CC4)cc(F)c3C)cc12)N1CCC(C)(N)CC1. The predicted molar refractivity (Wildman–Crippen MR) is 166 cm³/mol. The molecule has 1 unspecified atom stereocenters. The number of hydrogen-bond donors (Lipinski definition) is 3. The lowest BCUT2D eigenvalue weighted by molar-refractivity contribution is 0.0950. The van der Waals surface area contributed by atoms with Crippen molar-refractivity contribution in [3.05, 3.63) is 82.0 Å². The first-order valence-electron chi connectivity index (χ1n) is 14.9. The predicted octanol–water partition coefficient (Wildman–Crippen LogP) is 5.07. The fourth-order valence-electron chi connectivity index (χ4n) is 5.84. The summed E-state index contributed by atoms with van der Waals surface area (Å²) in [5.74, 6) is -0.727. The van der Waals surface area contributed by atoms with Gasteiger partial charge in [0.15, 0.2) is 0 Å². The minimum atomic E-state index is -0.499. The van der Waals surface area contributed by atoms with Crippen LogP contribution in [0.1, 0.15) is 74.0 Å². The number of halogens is 1. The number of piperidine rings is 1. The molecular formula is C34H43FN4O3. The number of aliphatic hydroxyl groups excluding tert-OH is 1. The largest absolute Gasteiger partial charge is 0.396 e. The Morgan fingerprint density at radius 1 is 1.24 bits per heavy atom. The molecule has 1 saturated carbocycles. The zero-order valence-electron chi connectivity index (χ0n) is 25.2. The van der Waals surface area contributed by atoms with Crippen molar-refractivity contribution in [1.29, 1.82) is 0 Å². The summed E-state index contributed by atoms with van der Waals surface area (Å²) in [4.78, 5) is 28.9. The normalized spacial score (nSPS) is 18.2. The fourth-order valence-corrected chi connectivity index (χ4v) is 5.84. The van der Waals surface area contributed by atoms with Gasteiger partial charge >= 0.3 is 0 Å². The summed E-state index contributed by atoms with van der Waals surface area (Å²) in [7, 11) is 0. The van der Waals surface area contributed by atoms with Crippen LogP contribution in [0, 0.1) is 18.2 Å². The summed E-state index contributed by atoms with van der Waals surface area (Å²) in [6.45, 7) is 13.7. The van der Waals surface area contributed by atoms with Gasteiger partial charge in [-0.1, -0.05) is 26.0 Å². The van der Waals surface area contributed by atoms with Gasteiger partial charge in [0.2, 0.25) is 0 Å². The van der Waals surface area contributed by atoms with E-state index >= 15 is 4.39 Å². The zero-order chi connectivity index (χ0) is 30.4. The number of nitrogens with one attached hydrogen (secondary N) is 1. The molecule has 1 aromatic heterocycles. The number of pyridine rings is 1. The number of carbonyl (C=O) groups is 1. The van der Waals surface area contributed by atoms with Crippen LogP contribution in [0.5, 0.6) is 0 Å². The molecule has 42 heavy (non-hydrogen) atoms. The molecule has 2 heterocycles. The highest BCUT2D eigenvalue weighted by Gasteiger charge is 2.31. The van der Waals surface area contributed by atoms with Gasteiger partial charge in [-0.3, -0.25) is 14.5 Å². The maximum Gasteiger partial charge on any atom is 0.258 e. The first-order chi connectivity index (χ1) is 19.8. The number of amides is 1. The van der Waals surface area contributed by atoms with Crippen molar-refractivity contribution in [2.75, 3.05) is 19.7 Å². The van der Waals surface area contributed by atoms with Crippen LogP contribution in [0.3, 0.4) is 0 Å². The molecule has 1 aliphatic heterocycles. The third-order valence-electron chi connectivity index (χ3n) is 8.85. The number of nitrogens with two attached hydrogens (primary N) is 1. The molecule has 1 saturated heterocycles. The van der Waals surface area contributed by atoms with E-state index < -0.39 is 11.2 Å². The number of rotatable bonds is 9. The Hall–Kier alpha value is -3.33. The van der Waals surface area contributed by atoms with E-state index in [0.29, 0.717) is 23.1 Å². The van der Waals surface area contributed by atoms with Crippen molar-refractivity contribution in [1.82, 2.24) is 14.8 Å². The second-order valence-corrected chi connectivity index (χ2v) is 13.3. The van der Waals surface area contributed by atoms with Gasteiger partial charge in [-0.25, -0.2) is 4.39 Å². The van der Waals surface area contributed by atoms with E-state index in [1.54, 1.807) is 23.6 Å². The third kappa shape index (κ3) is 6.21. The van der Waals surface area contributed by atoms with Crippen LogP contribution in [0.4, 0.5) is 4.39 Å². The van der Waals surface area contributed by atoms with Crippen LogP contribution >= 0.6 is 0 Å². The van der Waals surface area contributed by atoms with Crippen LogP contribution in [0.2, 0.25) is 0 Å². The number of likely N-dealkylation sites (tertiary alicyclic amines) is 1. The molecule has 3 aromatic rings. The molecule has 4 N–H and O–H groups in total. The van der Waals surface area contributed by atoms with Gasteiger partial charge < -0.3 is 20.7 Å². The summed E-state index contributed by atoms with van der Waals surface area (Å²) >= 11 is 0. The van der Waals surface area contributed by atoms with Crippen LogP contribution in [-0.2, 0) is 6.54 Å². The molecule has 2 fully saturated rings. The Morgan fingerprint density at radius 3 is 2.55 bits per heavy atom. The van der Waals surface area contributed by atoms with E-state index in [2.05, 4.69) is 23.7 Å². The number of hydrogen-bond acceptors (Lipinski definition) is 5. The first-order valence-corrected chi connectivity index (χ1v) is 14.9. The first kappa shape index (κ1) is 30.1. The Bertz CT molecular complexity index is 1580. The van der Waals surface area contributed by atoms with Crippen LogP contribution < -0.4 is 16.6 Å². The summed E-state index contributed by atoms with van der Waals surface area (Å²) < 4.78 is 16.8. The summed E-state index contributed by atoms with van der Waals surface area (Å²) in [6, 6.07) is 8.56. The molecule has 2 aliphatic rings. The monoisotopic (exact) mass is 574 g/mol. The molecule has 1 amide bonds. The molecule has 0 bridgehead atoms. The topological polar surface area (TPSA) is 101 Å². The molecule has 2 aromatic carbocycles. The minimum absolute atomic E-state index is 0.0622. The maximum absolute atomic E-state index is 15.1. The van der Waals surface area contributed by atoms with Crippen LogP contribution in [0.15, 0.2) is 54.0 Å². The molecular weight excluding hydrogens is 531 g/mol. The van der Waals surface area contributed by atoms with Gasteiger partial charge in [0.05, 0.1) is 6.04 Å². The fraction of sp³-hybridized carbons (Fsp3) is 0.471. The summed E-state index contributed by atoms with van der Waals surface area (Å²) in [6.07, 6.45) is 7.36. The standard InChI is InChI=1S/C34H43FN4O3/c1-6-30(38-13-11-34(5,36)12-14-38)28-18-39(19-33(3,4)20-40)32(42)25-10-7-22(15-27(25)28)26-16-23(17-29(35)21(26)2)31(41)37-24-8-9-24/h6-7,10,15-18,24,30,40H,1,8-9,11-14,19-20,36H2,2-5H3,(H,37,41). The molecule has 0 radical (unpaired) electrons. The third-order valence-corrected chi connectivity index (χ3v) is 8.85. The molecule has 1 atom stereocenters. The van der Waals surface area contributed by atoms with Gasteiger partial charge in [0.1, 0.15) is 5.82 Å². The number of aliphatic hydroxyl groups is 1. The Kier molecular flexibility index (Phi) is 8.18. The average Bonchev–Trinajstić information content (AvgIpc) is 3.77. The van der Waals surface area contributed by atoms with E-state index in [4.69, 9.17) is 5.73 Å². The molecule has 0 spiro atoms. The quantitative estimate of drug-likeness (QED) is 0.310. The van der Waals surface area contributed by atoms with Gasteiger partial charge in [0.25, 0.3) is 11.5 Å². The van der Waals surface area contributed by atoms with E-state index in [9.17, 15) is 14.7 Å². The average molecular weight is 575 g/mol. The van der Waals surface area contributed by atoms with Crippen molar-refractivity contribution in [2.24, 2.45) is 11.1 Å². The highest BCUT2D eigenvalue weighted by Crippen LogP contribution is 2.36. The molecule has 7 nitrogen and oxygen atoms in total. The number of fused-ring (bicyclic) bond motifs is 1. The van der Waals surface area contributed by atoms with Crippen molar-refractivity contribution in [2.45, 2.75) is 77.5 Å². The van der Waals surface area contributed by atoms with Crippen molar-refractivity contribution in [3.8, 4) is 11.1 Å². The van der Waals surface area contributed by atoms with Crippen molar-refractivity contribution in [3.63, 3.8) is 0 Å². The Morgan fingerprint density at radius 2 is 1.93 bits per heavy atom. The van der Waals surface area contributed by atoms with Crippen molar-refractivity contribution >= 4 is 16.7 Å². The zero-order valence-corrected chi connectivity index (χ0v) is 25.2. The lowest BCUT2D eigenvalue weighted by Crippen LogP contribution is -2.48.